The number of nitrogens with zero attached hydrogens (tertiary/aromatic N) is 1. The van der Waals surface area contributed by atoms with E-state index in [2.05, 4.69) is 5.32 Å². The van der Waals surface area contributed by atoms with E-state index in [1.807, 2.05) is 36.4 Å². The van der Waals surface area contributed by atoms with Crippen molar-refractivity contribution in [1.82, 2.24) is 10.2 Å². The number of ether oxygens (including phenoxy) is 2. The van der Waals surface area contributed by atoms with Gasteiger partial charge in [0.05, 0.1) is 19.3 Å². The molecule has 8 nitrogen and oxygen atoms in total. The second-order valence-corrected chi connectivity index (χ2v) is 6.91. The van der Waals surface area contributed by atoms with E-state index in [1.165, 1.54) is 4.90 Å². The molecule has 2 atom stereocenters. The Bertz CT molecular complexity index is 764. The molecule has 3 rings (SSSR count). The lowest BCUT2D eigenvalue weighted by atomic mass is 10.1. The third kappa shape index (κ3) is 5.32. The van der Waals surface area contributed by atoms with Crippen LogP contribution in [0.15, 0.2) is 30.3 Å². The Labute approximate surface area is 163 Å². The fourth-order valence-corrected chi connectivity index (χ4v) is 3.35. The summed E-state index contributed by atoms with van der Waals surface area (Å²) in [6.07, 6.45) is 4.87. The van der Waals surface area contributed by atoms with Gasteiger partial charge in [0.2, 0.25) is 11.8 Å². The lowest BCUT2D eigenvalue weighted by Crippen LogP contribution is -2.47. The van der Waals surface area contributed by atoms with Gasteiger partial charge in [-0.25, -0.2) is 4.79 Å². The third-order valence-corrected chi connectivity index (χ3v) is 4.79. The van der Waals surface area contributed by atoms with Gasteiger partial charge in [-0.1, -0.05) is 30.4 Å². The number of benzene rings is 1. The minimum absolute atomic E-state index is 0.253. The molecule has 0 spiro atoms. The summed E-state index contributed by atoms with van der Waals surface area (Å²) in [4.78, 5) is 37.3. The van der Waals surface area contributed by atoms with Crippen LogP contribution in [0.2, 0.25) is 0 Å². The van der Waals surface area contributed by atoms with E-state index < -0.39 is 23.9 Å². The van der Waals surface area contributed by atoms with Gasteiger partial charge in [-0.15, -0.1) is 0 Å². The Balaban J connectivity index is 1.74. The molecule has 0 saturated carbocycles. The van der Waals surface area contributed by atoms with Crippen molar-refractivity contribution in [1.29, 1.82) is 0 Å². The zero-order valence-electron chi connectivity index (χ0n) is 15.6. The molecule has 3 amide bonds. The number of carbonyl (C=O) groups excluding carboxylic acids is 3. The van der Waals surface area contributed by atoms with E-state index in [9.17, 15) is 14.4 Å². The highest BCUT2D eigenvalue weighted by Gasteiger charge is 2.39. The normalized spacial score (nSPS) is 25.2. The summed E-state index contributed by atoms with van der Waals surface area (Å²) in [6.45, 7) is 0.637. The Kier molecular flexibility index (Phi) is 6.65. The molecule has 1 aromatic carbocycles. The van der Waals surface area contributed by atoms with Crippen LogP contribution >= 0.6 is 0 Å². The van der Waals surface area contributed by atoms with Gasteiger partial charge in [0, 0.05) is 13.0 Å². The number of hydrogen-bond acceptors (Lipinski definition) is 5. The quantitative estimate of drug-likeness (QED) is 0.752. The first-order valence-corrected chi connectivity index (χ1v) is 9.39. The lowest BCUT2D eigenvalue weighted by molar-refractivity contribution is -0.136. The standard InChI is InChI=1S/C20H25N3O5/c21-19(25)17-10-16-12-23(17)18(24)11-22-20(26)27-8-3-1-2-5-14-6-4-7-15(9-14)13-28-16/h2,4-7,9,16-17H,1,3,8,10-13H2,(H2,21,25)(H,22,26)/b5-2-. The molecule has 4 bridgehead atoms. The second-order valence-electron chi connectivity index (χ2n) is 6.91. The number of hydrogen-bond donors (Lipinski definition) is 2. The molecule has 1 aromatic rings. The van der Waals surface area contributed by atoms with Crippen LogP contribution in [0.4, 0.5) is 4.79 Å². The zero-order chi connectivity index (χ0) is 19.9. The topological polar surface area (TPSA) is 111 Å². The number of primary amides is 1. The molecular weight excluding hydrogens is 362 g/mol. The maximum Gasteiger partial charge on any atom is 0.407 e. The highest BCUT2D eigenvalue weighted by atomic mass is 16.5. The summed E-state index contributed by atoms with van der Waals surface area (Å²) < 4.78 is 11.0. The Morgan fingerprint density at radius 3 is 2.96 bits per heavy atom. The van der Waals surface area contributed by atoms with Crippen molar-refractivity contribution >= 4 is 24.0 Å². The van der Waals surface area contributed by atoms with Crippen LogP contribution in [0.5, 0.6) is 0 Å². The molecule has 150 valence electrons. The molecule has 0 aliphatic carbocycles. The SMILES string of the molecule is NC(=O)C1CC2CN1C(=O)CNC(=O)OCCC/C=C\c1cccc(c1)CO2. The average Bonchev–Trinajstić information content (AvgIpc) is 3.12. The van der Waals surface area contributed by atoms with Gasteiger partial charge in [0.25, 0.3) is 0 Å². The number of rotatable bonds is 1. The number of nitrogens with two attached hydrogens (primary N) is 1. The third-order valence-electron chi connectivity index (χ3n) is 4.79. The number of carbonyl (C=O) groups is 3. The van der Waals surface area contributed by atoms with Crippen LogP contribution < -0.4 is 11.1 Å². The van der Waals surface area contributed by atoms with E-state index in [0.29, 0.717) is 19.4 Å². The highest BCUT2D eigenvalue weighted by Crippen LogP contribution is 2.22. The molecule has 3 N–H and O–H groups in total. The molecule has 0 radical (unpaired) electrons. The summed E-state index contributed by atoms with van der Waals surface area (Å²) in [5, 5.41) is 2.42. The van der Waals surface area contributed by atoms with Gasteiger partial charge in [0.15, 0.2) is 0 Å². The number of allylic oxidation sites excluding steroid dienone is 1. The number of amides is 3. The average molecular weight is 387 g/mol. The minimum atomic E-state index is -0.744. The Morgan fingerprint density at radius 2 is 2.14 bits per heavy atom. The summed E-state index contributed by atoms with van der Waals surface area (Å²) in [7, 11) is 0. The summed E-state index contributed by atoms with van der Waals surface area (Å²) in [6, 6.07) is 7.23. The summed E-state index contributed by atoms with van der Waals surface area (Å²) in [5.74, 6) is -0.974. The molecular formula is C20H25N3O5. The molecule has 1 saturated heterocycles. The second kappa shape index (κ2) is 9.36. The molecule has 2 unspecified atom stereocenters. The molecule has 2 aliphatic rings. The number of cyclic esters (lactones) is 1. The first-order chi connectivity index (χ1) is 13.5. The Hall–Kier alpha value is -2.87. The van der Waals surface area contributed by atoms with Crippen LogP contribution in [0.1, 0.15) is 30.4 Å². The van der Waals surface area contributed by atoms with Gasteiger partial charge in [-0.05, 0) is 30.0 Å². The van der Waals surface area contributed by atoms with Crippen molar-refractivity contribution in [3.05, 3.63) is 41.5 Å². The van der Waals surface area contributed by atoms with Crippen LogP contribution in [0.25, 0.3) is 6.08 Å². The van der Waals surface area contributed by atoms with Crippen LogP contribution in [0.3, 0.4) is 0 Å². The van der Waals surface area contributed by atoms with E-state index in [4.69, 9.17) is 15.2 Å². The smallest absolute Gasteiger partial charge is 0.407 e. The monoisotopic (exact) mass is 387 g/mol. The van der Waals surface area contributed by atoms with Gasteiger partial charge < -0.3 is 25.4 Å². The van der Waals surface area contributed by atoms with Crippen LogP contribution in [-0.2, 0) is 25.7 Å². The predicted octanol–water partition coefficient (Wildman–Crippen LogP) is 1.19. The van der Waals surface area contributed by atoms with E-state index in [0.717, 1.165) is 17.5 Å². The lowest BCUT2D eigenvalue weighted by Gasteiger charge is -2.22. The fourth-order valence-electron chi connectivity index (χ4n) is 3.35. The maximum absolute atomic E-state index is 12.5. The molecule has 28 heavy (non-hydrogen) atoms. The molecule has 2 heterocycles. The molecule has 2 aliphatic heterocycles. The van der Waals surface area contributed by atoms with Crippen LogP contribution in [0, 0.1) is 0 Å². The molecule has 1 fully saturated rings. The first-order valence-electron chi connectivity index (χ1n) is 9.39. The number of nitrogens with one attached hydrogen (secondary N) is 1. The fraction of sp³-hybridized carbons (Fsp3) is 0.450. The zero-order valence-corrected chi connectivity index (χ0v) is 15.6. The maximum atomic E-state index is 12.5. The predicted molar refractivity (Wildman–Crippen MR) is 102 cm³/mol. The largest absolute Gasteiger partial charge is 0.450 e. The van der Waals surface area contributed by atoms with Crippen molar-refractivity contribution in [3.63, 3.8) is 0 Å². The van der Waals surface area contributed by atoms with E-state index >= 15 is 0 Å². The molecule has 8 heteroatoms. The van der Waals surface area contributed by atoms with Gasteiger partial charge >= 0.3 is 6.09 Å². The van der Waals surface area contributed by atoms with Crippen molar-refractivity contribution in [2.24, 2.45) is 5.73 Å². The van der Waals surface area contributed by atoms with Gasteiger partial charge in [-0.3, -0.25) is 9.59 Å². The highest BCUT2D eigenvalue weighted by molar-refractivity contribution is 5.89. The molecule has 0 aromatic heterocycles. The van der Waals surface area contributed by atoms with E-state index in [1.54, 1.807) is 0 Å². The van der Waals surface area contributed by atoms with Crippen molar-refractivity contribution in [2.45, 2.75) is 38.0 Å². The summed E-state index contributed by atoms with van der Waals surface area (Å²) >= 11 is 0. The van der Waals surface area contributed by atoms with Crippen molar-refractivity contribution in [2.75, 3.05) is 19.7 Å². The van der Waals surface area contributed by atoms with E-state index in [-0.39, 0.29) is 25.8 Å². The number of fused-ring (bicyclic) bond motifs is 4. The number of alkyl carbamates (subject to hydrolysis) is 1. The Morgan fingerprint density at radius 1 is 1.29 bits per heavy atom. The first kappa shape index (κ1) is 19.9. The van der Waals surface area contributed by atoms with Crippen molar-refractivity contribution < 1.29 is 23.9 Å². The van der Waals surface area contributed by atoms with Gasteiger partial charge in [0.1, 0.15) is 12.6 Å². The summed E-state index contributed by atoms with van der Waals surface area (Å²) in [5.41, 5.74) is 7.52. The minimum Gasteiger partial charge on any atom is -0.450 e. The van der Waals surface area contributed by atoms with Crippen molar-refractivity contribution in [3.8, 4) is 0 Å². The van der Waals surface area contributed by atoms with Crippen LogP contribution in [-0.4, -0.2) is 54.6 Å². The van der Waals surface area contributed by atoms with Gasteiger partial charge in [-0.2, -0.15) is 0 Å².